The van der Waals surface area contributed by atoms with Crippen LogP contribution in [0.15, 0.2) is 47.5 Å². The molecule has 1 aliphatic heterocycles. The SMILES string of the molecule is CC[C@H](C)NS(=O)(=O)c1ccc(CN2C(=O)c3cccnc3C2=O)cc1. The highest BCUT2D eigenvalue weighted by molar-refractivity contribution is 7.89. The molecule has 0 fully saturated rings. The van der Waals surface area contributed by atoms with Crippen LogP contribution in [0.5, 0.6) is 0 Å². The molecule has 0 saturated carbocycles. The summed E-state index contributed by atoms with van der Waals surface area (Å²) >= 11 is 0. The third-order valence-electron chi connectivity index (χ3n) is 4.27. The number of pyridine rings is 1. The zero-order chi connectivity index (χ0) is 18.9. The van der Waals surface area contributed by atoms with Gasteiger partial charge in [0.15, 0.2) is 0 Å². The molecule has 0 saturated heterocycles. The molecule has 1 aromatic carbocycles. The van der Waals surface area contributed by atoms with Gasteiger partial charge in [0.2, 0.25) is 10.0 Å². The summed E-state index contributed by atoms with van der Waals surface area (Å²) in [5.74, 6) is -0.839. The second-order valence-electron chi connectivity index (χ2n) is 6.17. The van der Waals surface area contributed by atoms with Gasteiger partial charge in [-0.25, -0.2) is 13.1 Å². The van der Waals surface area contributed by atoms with Gasteiger partial charge < -0.3 is 0 Å². The Bertz CT molecular complexity index is 920. The minimum atomic E-state index is -3.59. The van der Waals surface area contributed by atoms with Gasteiger partial charge in [-0.15, -0.1) is 0 Å². The number of sulfonamides is 1. The molecule has 136 valence electrons. The van der Waals surface area contributed by atoms with Gasteiger partial charge in [-0.1, -0.05) is 19.1 Å². The van der Waals surface area contributed by atoms with Crippen LogP contribution in [0.4, 0.5) is 0 Å². The molecule has 1 aromatic heterocycles. The normalized spacial score (nSPS) is 15.2. The molecule has 26 heavy (non-hydrogen) atoms. The minimum absolute atomic E-state index is 0.0626. The van der Waals surface area contributed by atoms with E-state index in [2.05, 4.69) is 9.71 Å². The number of carbonyl (C=O) groups is 2. The molecule has 2 aromatic rings. The largest absolute Gasteiger partial charge is 0.280 e. The Morgan fingerprint density at radius 1 is 1.12 bits per heavy atom. The standard InChI is InChI=1S/C18H19N3O4S/c1-3-12(2)20-26(24,25)14-8-6-13(7-9-14)11-21-17(22)15-5-4-10-19-16(15)18(21)23/h4-10,12,20H,3,11H2,1-2H3/t12-/m0/s1. The monoisotopic (exact) mass is 373 g/mol. The number of nitrogens with one attached hydrogen (secondary N) is 1. The molecule has 1 N–H and O–H groups in total. The second-order valence-corrected chi connectivity index (χ2v) is 7.88. The zero-order valence-corrected chi connectivity index (χ0v) is 15.3. The van der Waals surface area contributed by atoms with Crippen LogP contribution in [-0.4, -0.2) is 36.2 Å². The Kier molecular flexibility index (Phi) is 4.88. The van der Waals surface area contributed by atoms with Gasteiger partial charge in [0, 0.05) is 12.2 Å². The van der Waals surface area contributed by atoms with Crippen molar-refractivity contribution in [2.45, 2.75) is 37.8 Å². The van der Waals surface area contributed by atoms with E-state index in [9.17, 15) is 18.0 Å². The molecule has 3 rings (SSSR count). The number of benzene rings is 1. The van der Waals surface area contributed by atoms with Crippen LogP contribution in [0.25, 0.3) is 0 Å². The van der Waals surface area contributed by atoms with Crippen molar-refractivity contribution in [1.82, 2.24) is 14.6 Å². The van der Waals surface area contributed by atoms with Crippen molar-refractivity contribution in [3.8, 4) is 0 Å². The molecular formula is C18H19N3O4S. The maximum Gasteiger partial charge on any atom is 0.280 e. The lowest BCUT2D eigenvalue weighted by atomic mass is 10.2. The summed E-state index contributed by atoms with van der Waals surface area (Å²) in [5.41, 5.74) is 1.09. The highest BCUT2D eigenvalue weighted by Crippen LogP contribution is 2.23. The van der Waals surface area contributed by atoms with Crippen LogP contribution in [0.1, 0.15) is 46.7 Å². The van der Waals surface area contributed by atoms with Gasteiger partial charge in [0.1, 0.15) is 5.69 Å². The molecule has 0 spiro atoms. The fourth-order valence-electron chi connectivity index (χ4n) is 2.63. The van der Waals surface area contributed by atoms with Crippen molar-refractivity contribution in [1.29, 1.82) is 0 Å². The van der Waals surface area contributed by atoms with Crippen LogP contribution >= 0.6 is 0 Å². The van der Waals surface area contributed by atoms with E-state index in [1.165, 1.54) is 18.3 Å². The molecule has 1 aliphatic rings. The number of rotatable bonds is 6. The molecule has 2 amide bonds. The van der Waals surface area contributed by atoms with E-state index in [1.807, 2.05) is 6.92 Å². The fraction of sp³-hybridized carbons (Fsp3) is 0.278. The number of carbonyl (C=O) groups excluding carboxylic acids is 2. The number of amides is 2. The maximum absolute atomic E-state index is 12.4. The Labute approximate surface area is 152 Å². The van der Waals surface area contributed by atoms with E-state index in [1.54, 1.807) is 31.2 Å². The van der Waals surface area contributed by atoms with E-state index in [-0.39, 0.29) is 28.7 Å². The number of imide groups is 1. The van der Waals surface area contributed by atoms with Crippen molar-refractivity contribution in [3.05, 3.63) is 59.4 Å². The van der Waals surface area contributed by atoms with E-state index in [4.69, 9.17) is 0 Å². The number of nitrogens with zero attached hydrogens (tertiary/aromatic N) is 2. The minimum Gasteiger partial charge on any atom is -0.268 e. The van der Waals surface area contributed by atoms with Crippen molar-refractivity contribution >= 4 is 21.8 Å². The Balaban J connectivity index is 1.77. The van der Waals surface area contributed by atoms with Crippen LogP contribution in [0, 0.1) is 0 Å². The molecule has 7 nitrogen and oxygen atoms in total. The predicted molar refractivity (Wildman–Crippen MR) is 95.0 cm³/mol. The molecule has 0 unspecified atom stereocenters. The summed E-state index contributed by atoms with van der Waals surface area (Å²) in [6.07, 6.45) is 2.16. The van der Waals surface area contributed by atoms with E-state index < -0.39 is 21.8 Å². The molecule has 0 bridgehead atoms. The van der Waals surface area contributed by atoms with E-state index >= 15 is 0 Å². The first-order valence-corrected chi connectivity index (χ1v) is 9.74. The third-order valence-corrected chi connectivity index (χ3v) is 5.88. The molecule has 1 atom stereocenters. The number of hydrogen-bond acceptors (Lipinski definition) is 5. The van der Waals surface area contributed by atoms with Gasteiger partial charge in [-0.2, -0.15) is 0 Å². The van der Waals surface area contributed by atoms with E-state index in [0.29, 0.717) is 12.0 Å². The highest BCUT2D eigenvalue weighted by Gasteiger charge is 2.36. The van der Waals surface area contributed by atoms with E-state index in [0.717, 1.165) is 4.90 Å². The smallest absolute Gasteiger partial charge is 0.268 e. The summed E-state index contributed by atoms with van der Waals surface area (Å²) in [6, 6.07) is 9.15. The highest BCUT2D eigenvalue weighted by atomic mass is 32.2. The first-order chi connectivity index (χ1) is 12.3. The predicted octanol–water partition coefficient (Wildman–Crippen LogP) is 1.95. The summed E-state index contributed by atoms with van der Waals surface area (Å²) in [5, 5.41) is 0. The summed E-state index contributed by atoms with van der Waals surface area (Å²) in [7, 11) is -3.59. The fourth-order valence-corrected chi connectivity index (χ4v) is 3.96. The molecule has 2 heterocycles. The van der Waals surface area contributed by atoms with Crippen molar-refractivity contribution in [3.63, 3.8) is 0 Å². The summed E-state index contributed by atoms with van der Waals surface area (Å²) in [6.45, 7) is 3.75. The molecule has 0 aliphatic carbocycles. The Morgan fingerprint density at radius 3 is 2.42 bits per heavy atom. The van der Waals surface area contributed by atoms with Gasteiger partial charge in [0.25, 0.3) is 11.8 Å². The van der Waals surface area contributed by atoms with Crippen LogP contribution in [0.3, 0.4) is 0 Å². The van der Waals surface area contributed by atoms with Gasteiger partial charge in [-0.05, 0) is 43.2 Å². The quantitative estimate of drug-likeness (QED) is 0.781. The first kappa shape index (κ1) is 18.2. The number of fused-ring (bicyclic) bond motifs is 1. The van der Waals surface area contributed by atoms with Crippen LogP contribution in [0.2, 0.25) is 0 Å². The van der Waals surface area contributed by atoms with Crippen LogP contribution in [-0.2, 0) is 16.6 Å². The van der Waals surface area contributed by atoms with Crippen LogP contribution < -0.4 is 4.72 Å². The third kappa shape index (κ3) is 3.38. The first-order valence-electron chi connectivity index (χ1n) is 8.26. The summed E-state index contributed by atoms with van der Waals surface area (Å²) in [4.78, 5) is 29.9. The molecular weight excluding hydrogens is 354 g/mol. The second kappa shape index (κ2) is 6.97. The van der Waals surface area contributed by atoms with Gasteiger partial charge >= 0.3 is 0 Å². The lowest BCUT2D eigenvalue weighted by molar-refractivity contribution is 0.0640. The number of aromatic nitrogens is 1. The van der Waals surface area contributed by atoms with Gasteiger partial charge in [-0.3, -0.25) is 19.5 Å². The zero-order valence-electron chi connectivity index (χ0n) is 14.5. The average Bonchev–Trinajstić information content (AvgIpc) is 2.87. The summed E-state index contributed by atoms with van der Waals surface area (Å²) < 4.78 is 27.1. The molecule has 8 heteroatoms. The van der Waals surface area contributed by atoms with Crippen molar-refractivity contribution in [2.24, 2.45) is 0 Å². The lowest BCUT2D eigenvalue weighted by Gasteiger charge is -2.15. The maximum atomic E-state index is 12.4. The average molecular weight is 373 g/mol. The lowest BCUT2D eigenvalue weighted by Crippen LogP contribution is -2.32. The van der Waals surface area contributed by atoms with Crippen molar-refractivity contribution in [2.75, 3.05) is 0 Å². The topological polar surface area (TPSA) is 96.4 Å². The molecule has 0 radical (unpaired) electrons. The Morgan fingerprint density at radius 2 is 1.81 bits per heavy atom. The van der Waals surface area contributed by atoms with Gasteiger partial charge in [0.05, 0.1) is 17.0 Å². The van der Waals surface area contributed by atoms with Crippen molar-refractivity contribution < 1.29 is 18.0 Å². The number of hydrogen-bond donors (Lipinski definition) is 1. The Hall–Kier alpha value is -2.58.